The molecule has 13 amide bonds. The molecule has 4 aromatic rings. The highest BCUT2D eigenvalue weighted by atomic mass is 16.6. The van der Waals surface area contributed by atoms with E-state index in [0.29, 0.717) is 154 Å². The van der Waals surface area contributed by atoms with Gasteiger partial charge in [-0.3, -0.25) is 58.1 Å². The van der Waals surface area contributed by atoms with Gasteiger partial charge in [-0.25, -0.2) is 4.79 Å². The highest BCUT2D eigenvalue weighted by Crippen LogP contribution is 2.60. The second kappa shape index (κ2) is 60.0. The van der Waals surface area contributed by atoms with Crippen molar-refractivity contribution in [1.82, 2.24) is 53.2 Å². The van der Waals surface area contributed by atoms with Crippen LogP contribution in [0.25, 0.3) is 0 Å². The van der Waals surface area contributed by atoms with Gasteiger partial charge in [-0.05, 0) is 202 Å². The highest BCUT2D eigenvalue weighted by Gasteiger charge is 2.59. The first-order valence-corrected chi connectivity index (χ1v) is 53.1. The number of rotatable bonds is 62. The number of phenolic OH excluding ortho intramolecular Hbond substituents is 1. The summed E-state index contributed by atoms with van der Waals surface area (Å²) >= 11 is 0. The van der Waals surface area contributed by atoms with Crippen molar-refractivity contribution in [2.45, 2.75) is 243 Å². The minimum absolute atomic E-state index is 0.000392. The largest absolute Gasteiger partial charge is 0.508 e. The molecule has 38 nitrogen and oxygen atoms in total. The number of nitrogens with zero attached hydrogens (tertiary/aromatic N) is 2. The number of nitrogens with one attached hydrogen (secondary N) is 11. The Morgan fingerprint density at radius 2 is 1.00 bits per heavy atom. The summed E-state index contributed by atoms with van der Waals surface area (Å²) in [7, 11) is 6.21. The number of aromatic hydroxyl groups is 1. The monoisotopic (exact) mass is 2060 g/mol. The van der Waals surface area contributed by atoms with Crippen LogP contribution in [-0.4, -0.2) is 295 Å². The van der Waals surface area contributed by atoms with Gasteiger partial charge in [-0.2, -0.15) is 0 Å². The minimum Gasteiger partial charge on any atom is -0.508 e. The van der Waals surface area contributed by atoms with Crippen LogP contribution < -0.4 is 74.9 Å². The maximum absolute atomic E-state index is 15.0. The van der Waals surface area contributed by atoms with E-state index in [4.69, 9.17) is 54.1 Å². The number of likely N-dealkylation sites (N-methyl/N-ethyl adjacent to an activating group) is 1. The number of quaternary nitrogens is 1. The maximum atomic E-state index is 15.0. The molecule has 17 N–H and O–H groups in total. The van der Waals surface area contributed by atoms with E-state index in [-0.39, 0.29) is 170 Å². The van der Waals surface area contributed by atoms with Gasteiger partial charge in [-0.1, -0.05) is 122 Å². The number of para-hydroxylation sites is 1. The van der Waals surface area contributed by atoms with E-state index in [1.807, 2.05) is 86.6 Å². The van der Waals surface area contributed by atoms with Crippen LogP contribution in [0.1, 0.15) is 222 Å². The summed E-state index contributed by atoms with van der Waals surface area (Å²) in [5.74, 6) is 0.430. The predicted molar refractivity (Wildman–Crippen MR) is 558 cm³/mol. The number of urea groups is 1. The summed E-state index contributed by atoms with van der Waals surface area (Å²) in [6.45, 7) is 17.6. The lowest BCUT2D eigenvalue weighted by Crippen LogP contribution is -2.60. The molecule has 1 heterocycles. The van der Waals surface area contributed by atoms with Crippen LogP contribution in [0, 0.1) is 40.4 Å². The molecule has 0 saturated heterocycles. The van der Waals surface area contributed by atoms with Gasteiger partial charge < -0.3 is 127 Å². The van der Waals surface area contributed by atoms with Gasteiger partial charge in [-0.15, -0.1) is 0 Å². The number of anilines is 2. The molecule has 148 heavy (non-hydrogen) atoms. The number of allylic oxidation sites excluding steroid dienone is 1. The van der Waals surface area contributed by atoms with Gasteiger partial charge in [0.2, 0.25) is 65.0 Å². The number of ether oxygens (including phenoxy) is 9. The summed E-state index contributed by atoms with van der Waals surface area (Å²) in [5.41, 5.74) is 18.5. The number of hydrogen-bond acceptors (Lipinski definition) is 25. The lowest BCUT2D eigenvalue weighted by Gasteiger charge is -2.56. The molecule has 4 aromatic carbocycles. The standard InChI is InChI=1S/C110H163N15O23/c1-75(2)99(103(136)120-87(27-19-49-117-106(112)139)100(133)121-88(73-126)102(135)118-81-36-32-77-34-38-91-107(3,83(77)70-81)44-20-46-109(91,5)104(137)123-105(138)110(6)47-21-45-108(4)84-71-82(127)37-33-78(84)35-39-92(108)110)122-101(134)86(26-17-18-48-114-96(131)74-148-90-29-12-10-11-25-85(98(90)111)113-51-56-142-60-64-146-68-66-144-62-58-140-54-42-94(129)115-50-53-125(7,8)9)119-95(130)43-55-141-59-63-145-67-69-147-65-61-143-57-52-116-93(128)40-41-97(132)124-72-80-24-14-13-22-76(80)30-31-79-23-15-16-28-89(79)124/h13-16,22-24,28,32-33,36-37,70-71,75,86-88,90-92,99,113,126H,10-12,17-21,25-27,29,34-35,38-69,72-74,111H2,1-9H3,(H12-,112,114,115,116,117,118,119,120,121,122,123,127,128,129,130,131,133,134,135,136,137,138,139)/p+1/t86-,87+,88+,90?,91-,92-,99+,107-,108-,109+,110+/m1/s1. The van der Waals surface area contributed by atoms with E-state index in [9.17, 15) is 63.0 Å². The van der Waals surface area contributed by atoms with Crippen molar-refractivity contribution in [2.75, 3.05) is 190 Å². The van der Waals surface area contributed by atoms with Crippen molar-refractivity contribution >= 4 is 82.4 Å². The summed E-state index contributed by atoms with van der Waals surface area (Å²) < 4.78 is 52.2. The second-order valence-electron chi connectivity index (χ2n) is 41.8. The Labute approximate surface area is 871 Å². The van der Waals surface area contributed by atoms with E-state index in [1.165, 1.54) is 5.56 Å². The van der Waals surface area contributed by atoms with E-state index >= 15 is 4.79 Å². The fraction of sp³-hybridized carbons (Fsp3) is 0.636. The average molecular weight is 2060 g/mol. The third-order valence-corrected chi connectivity index (χ3v) is 29.5. The van der Waals surface area contributed by atoms with Crippen molar-refractivity contribution in [3.8, 4) is 17.6 Å². The lowest BCUT2D eigenvalue weighted by molar-refractivity contribution is -0.869. The molecule has 10 rings (SSSR count). The van der Waals surface area contributed by atoms with Gasteiger partial charge in [0.25, 0.3) is 0 Å². The number of unbranched alkanes of at least 4 members (excludes halogenated alkanes) is 1. The van der Waals surface area contributed by atoms with Crippen molar-refractivity contribution in [1.29, 1.82) is 0 Å². The molecule has 0 aromatic heterocycles. The van der Waals surface area contributed by atoms with Crippen LogP contribution in [0.15, 0.2) is 96.3 Å². The number of aliphatic hydroxyl groups excluding tert-OH is 1. The molecule has 0 radical (unpaired) electrons. The number of aliphatic hydroxyl groups is 1. The van der Waals surface area contributed by atoms with Crippen LogP contribution in [0.4, 0.5) is 16.2 Å². The quantitative estimate of drug-likeness (QED) is 0.00945. The number of phenols is 1. The predicted octanol–water partition coefficient (Wildman–Crippen LogP) is 6.70. The maximum Gasteiger partial charge on any atom is 0.312 e. The molecule has 2 fully saturated rings. The third-order valence-electron chi connectivity index (χ3n) is 29.5. The van der Waals surface area contributed by atoms with Gasteiger partial charge in [0, 0.05) is 74.4 Å². The number of hydrogen-bond donors (Lipinski definition) is 15. The Bertz CT molecular complexity index is 5160. The zero-order chi connectivity index (χ0) is 107. The number of primary amides is 1. The van der Waals surface area contributed by atoms with Crippen LogP contribution in [0.2, 0.25) is 0 Å². The molecule has 2 saturated carbocycles. The van der Waals surface area contributed by atoms with Gasteiger partial charge in [0.05, 0.1) is 181 Å². The van der Waals surface area contributed by atoms with Crippen LogP contribution in [-0.2, 0) is 126 Å². The summed E-state index contributed by atoms with van der Waals surface area (Å²) in [4.78, 5) is 168. The van der Waals surface area contributed by atoms with Crippen molar-refractivity contribution < 1.29 is 115 Å². The second-order valence-corrected chi connectivity index (χ2v) is 41.8. The molecular formula is C110H164N15O23+. The summed E-state index contributed by atoms with van der Waals surface area (Å²) in [5, 5.41) is 52.8. The number of carbonyl (C=O) groups excluding carboxylic acids is 12. The number of imide groups is 1. The molecule has 816 valence electrons. The van der Waals surface area contributed by atoms with Crippen molar-refractivity contribution in [3.63, 3.8) is 0 Å². The highest BCUT2D eigenvalue weighted by molar-refractivity contribution is 6.02. The molecule has 1 unspecified atom stereocenters. The normalized spacial score (nSPS) is 20.6. The molecule has 1 aliphatic heterocycles. The van der Waals surface area contributed by atoms with Gasteiger partial charge >= 0.3 is 6.03 Å². The number of carbonyl (C=O) groups is 12. The minimum atomic E-state index is -1.57. The average Bonchev–Trinajstić information content (AvgIpc) is 0.717. The van der Waals surface area contributed by atoms with E-state index in [2.05, 4.69) is 105 Å². The first-order valence-electron chi connectivity index (χ1n) is 53.1. The Morgan fingerprint density at radius 1 is 0.480 bits per heavy atom. The number of nitrogens with two attached hydrogens (primary N) is 2. The van der Waals surface area contributed by atoms with E-state index in [0.717, 1.165) is 101 Å². The molecule has 0 spiro atoms. The molecule has 6 aliphatic rings. The van der Waals surface area contributed by atoms with Crippen LogP contribution in [0.5, 0.6) is 5.75 Å². The lowest BCUT2D eigenvalue weighted by atomic mass is 9.49. The van der Waals surface area contributed by atoms with Gasteiger partial charge in [0.1, 0.15) is 36.5 Å². The Hall–Kier alpha value is -11.2. The Kier molecular flexibility index (Phi) is 48.1. The number of fused-ring (bicyclic) bond motifs is 8. The Morgan fingerprint density at radius 3 is 1.61 bits per heavy atom. The van der Waals surface area contributed by atoms with E-state index < -0.39 is 101 Å². The molecule has 11 atom stereocenters. The van der Waals surface area contributed by atoms with E-state index in [1.54, 1.807) is 30.9 Å². The fourth-order valence-corrected chi connectivity index (χ4v) is 21.2. The molecule has 0 bridgehead atoms. The summed E-state index contributed by atoms with van der Waals surface area (Å²) in [6, 6.07) is 19.9. The molecule has 38 heteroatoms. The number of aryl methyl sites for hydroxylation is 2. The van der Waals surface area contributed by atoms with Crippen LogP contribution in [0.3, 0.4) is 0 Å². The van der Waals surface area contributed by atoms with Crippen molar-refractivity contribution in [3.05, 3.63) is 135 Å². The van der Waals surface area contributed by atoms with Gasteiger partial charge in [0.15, 0.2) is 0 Å². The molecular weight excluding hydrogens is 1900 g/mol. The first kappa shape index (κ1) is 119. The van der Waals surface area contributed by atoms with Crippen LogP contribution >= 0.6 is 0 Å². The smallest absolute Gasteiger partial charge is 0.312 e. The fourth-order valence-electron chi connectivity index (χ4n) is 21.2. The SMILES string of the molecule is CC(C)[C@H](NC(=O)[C@@H](CCCCNC(=O)COC1CCCCCC(NCCOCCOCCOCCOCCC(=O)NCC[N+](C)(C)C)=C1N)NC(=O)CCOCCOCCOCCOCCNC(=O)CCC(=O)N1Cc2ccccc2C#Cc2ccccc21)C(=O)N[C@@H](CCCNC(N)=O)C(=O)N[C@@H](CO)C(=O)Nc1ccc2c(c1)[C@@]1(C)CCC[C@](C)(C(=O)NC(=O)[C@@]3(C)CCC[C@]4(C)c5cc(O)ccc5CC[C@@H]34)[C@@H]1CC2. The first-order chi connectivity index (χ1) is 71.0. The third kappa shape index (κ3) is 36.3. The summed E-state index contributed by atoms with van der Waals surface area (Å²) in [6.07, 6.45) is 11.3. The Balaban J connectivity index is 0.682. The van der Waals surface area contributed by atoms with Crippen molar-refractivity contribution in [2.24, 2.45) is 40.1 Å². The molecule has 5 aliphatic carbocycles. The number of amides is 13. The topological polar surface area (TPSA) is 516 Å². The zero-order valence-corrected chi connectivity index (χ0v) is 88.4. The zero-order valence-electron chi connectivity index (χ0n) is 88.4. The number of benzene rings is 4.